The van der Waals surface area contributed by atoms with E-state index in [2.05, 4.69) is 34.8 Å². The molecule has 0 atom stereocenters. The van der Waals surface area contributed by atoms with Crippen LogP contribution in [0, 0.1) is 0 Å². The number of rotatable bonds is 5. The highest BCUT2D eigenvalue weighted by molar-refractivity contribution is 7.07. The number of aromatic nitrogens is 5. The van der Waals surface area contributed by atoms with E-state index in [9.17, 15) is 0 Å². The van der Waals surface area contributed by atoms with Crippen molar-refractivity contribution < 1.29 is 4.74 Å². The van der Waals surface area contributed by atoms with Crippen LogP contribution in [0.4, 0.5) is 5.95 Å². The fourth-order valence-electron chi connectivity index (χ4n) is 3.24. The number of ether oxygens (including phenoxy) is 1. The lowest BCUT2D eigenvalue weighted by atomic mass is 9.96. The van der Waals surface area contributed by atoms with Crippen LogP contribution in [0.15, 0.2) is 35.5 Å². The summed E-state index contributed by atoms with van der Waals surface area (Å²) in [5.41, 5.74) is 2.96. The van der Waals surface area contributed by atoms with E-state index in [-0.39, 0.29) is 0 Å². The molecule has 4 heterocycles. The minimum absolute atomic E-state index is 0.454. The van der Waals surface area contributed by atoms with E-state index in [0.717, 1.165) is 49.9 Å². The number of anilines is 1. The molecule has 3 aromatic heterocycles. The Morgan fingerprint density at radius 2 is 2.08 bits per heavy atom. The number of thiazole rings is 1. The molecular formula is C17H20N6OS. The topological polar surface area (TPSA) is 69.0 Å². The summed E-state index contributed by atoms with van der Waals surface area (Å²) in [7, 11) is 1.63. The Hall–Kier alpha value is -2.48. The van der Waals surface area contributed by atoms with Crippen LogP contribution < -0.4 is 9.64 Å². The van der Waals surface area contributed by atoms with E-state index in [1.807, 2.05) is 17.9 Å². The van der Waals surface area contributed by atoms with Crippen molar-refractivity contribution in [3.8, 4) is 5.88 Å². The second kappa shape index (κ2) is 7.18. The predicted octanol–water partition coefficient (Wildman–Crippen LogP) is 2.57. The van der Waals surface area contributed by atoms with Crippen LogP contribution in [-0.2, 0) is 6.54 Å². The van der Waals surface area contributed by atoms with Crippen molar-refractivity contribution in [1.29, 1.82) is 0 Å². The molecule has 1 aliphatic rings. The molecule has 4 rings (SSSR count). The zero-order valence-corrected chi connectivity index (χ0v) is 14.9. The maximum Gasteiger partial charge on any atom is 0.228 e. The van der Waals surface area contributed by atoms with Crippen molar-refractivity contribution in [2.24, 2.45) is 0 Å². The molecule has 1 fully saturated rings. The van der Waals surface area contributed by atoms with Crippen molar-refractivity contribution in [2.75, 3.05) is 25.1 Å². The summed E-state index contributed by atoms with van der Waals surface area (Å²) in [6, 6.07) is 1.77. The van der Waals surface area contributed by atoms with Crippen molar-refractivity contribution in [1.82, 2.24) is 24.5 Å². The average Bonchev–Trinajstić information content (AvgIpc) is 3.34. The van der Waals surface area contributed by atoms with E-state index < -0.39 is 0 Å². The molecule has 25 heavy (non-hydrogen) atoms. The summed E-state index contributed by atoms with van der Waals surface area (Å²) >= 11 is 1.63. The molecule has 8 heteroatoms. The van der Waals surface area contributed by atoms with Gasteiger partial charge >= 0.3 is 0 Å². The van der Waals surface area contributed by atoms with Crippen LogP contribution in [0.25, 0.3) is 0 Å². The van der Waals surface area contributed by atoms with Gasteiger partial charge in [-0.1, -0.05) is 0 Å². The molecule has 1 saturated heterocycles. The lowest BCUT2D eigenvalue weighted by Gasteiger charge is -2.31. The Labute approximate surface area is 150 Å². The molecular weight excluding hydrogens is 336 g/mol. The highest BCUT2D eigenvalue weighted by atomic mass is 32.1. The number of hydrogen-bond donors (Lipinski definition) is 0. The fourth-order valence-corrected chi connectivity index (χ4v) is 3.79. The van der Waals surface area contributed by atoms with Gasteiger partial charge in [0, 0.05) is 49.0 Å². The van der Waals surface area contributed by atoms with Gasteiger partial charge in [-0.05, 0) is 12.8 Å². The van der Waals surface area contributed by atoms with Gasteiger partial charge in [-0.15, -0.1) is 11.3 Å². The summed E-state index contributed by atoms with van der Waals surface area (Å²) < 4.78 is 7.41. The molecule has 1 aliphatic heterocycles. The molecule has 0 unspecified atom stereocenters. The molecule has 0 bridgehead atoms. The average molecular weight is 356 g/mol. The quantitative estimate of drug-likeness (QED) is 0.700. The first-order chi connectivity index (χ1) is 12.3. The first-order valence-electron chi connectivity index (χ1n) is 8.33. The van der Waals surface area contributed by atoms with Crippen molar-refractivity contribution in [3.05, 3.63) is 47.1 Å². The number of piperidine rings is 1. The first-order valence-corrected chi connectivity index (χ1v) is 9.28. The van der Waals surface area contributed by atoms with Crippen LogP contribution in [0.3, 0.4) is 0 Å². The van der Waals surface area contributed by atoms with E-state index in [0.29, 0.717) is 11.8 Å². The Kier molecular flexibility index (Phi) is 4.60. The van der Waals surface area contributed by atoms with E-state index in [1.165, 1.54) is 0 Å². The van der Waals surface area contributed by atoms with Gasteiger partial charge in [0.15, 0.2) is 0 Å². The predicted molar refractivity (Wildman–Crippen MR) is 96.2 cm³/mol. The van der Waals surface area contributed by atoms with Crippen LogP contribution >= 0.6 is 11.3 Å². The second-order valence-electron chi connectivity index (χ2n) is 6.05. The molecule has 3 aromatic rings. The minimum atomic E-state index is 0.454. The van der Waals surface area contributed by atoms with Gasteiger partial charge in [0.25, 0.3) is 0 Å². The molecule has 7 nitrogen and oxygen atoms in total. The molecule has 0 saturated carbocycles. The third-order valence-electron chi connectivity index (χ3n) is 4.53. The van der Waals surface area contributed by atoms with Gasteiger partial charge in [0.05, 0.1) is 24.9 Å². The van der Waals surface area contributed by atoms with Crippen LogP contribution in [0.1, 0.15) is 30.3 Å². The lowest BCUT2D eigenvalue weighted by molar-refractivity contribution is 0.395. The number of imidazole rings is 1. The van der Waals surface area contributed by atoms with Gasteiger partial charge < -0.3 is 14.2 Å². The molecule has 0 aliphatic carbocycles. The highest BCUT2D eigenvalue weighted by Gasteiger charge is 2.25. The Morgan fingerprint density at radius 1 is 1.20 bits per heavy atom. The van der Waals surface area contributed by atoms with Gasteiger partial charge in [-0.25, -0.2) is 15.0 Å². The SMILES string of the molecule is COc1ccnc(N2CCC(c3nccn3Cc3cscn3)CC2)n1. The summed E-state index contributed by atoms with van der Waals surface area (Å²) in [5.74, 6) is 2.95. The Morgan fingerprint density at radius 3 is 2.84 bits per heavy atom. The smallest absolute Gasteiger partial charge is 0.228 e. The monoisotopic (exact) mass is 356 g/mol. The normalized spacial score (nSPS) is 15.5. The minimum Gasteiger partial charge on any atom is -0.481 e. The molecule has 0 spiro atoms. The summed E-state index contributed by atoms with van der Waals surface area (Å²) in [4.78, 5) is 20.0. The number of methoxy groups -OCH3 is 1. The summed E-state index contributed by atoms with van der Waals surface area (Å²) in [6.45, 7) is 2.63. The Balaban J connectivity index is 1.43. The summed E-state index contributed by atoms with van der Waals surface area (Å²) in [6.07, 6.45) is 7.75. The Bertz CT molecular complexity index is 810. The standard InChI is InChI=1S/C17H20N6OS/c1-24-15-2-5-19-17(21-15)22-7-3-13(4-8-22)16-18-6-9-23(16)10-14-11-25-12-20-14/h2,5-6,9,11-13H,3-4,7-8,10H2,1H3. The number of hydrogen-bond acceptors (Lipinski definition) is 7. The van der Waals surface area contributed by atoms with Crippen LogP contribution in [-0.4, -0.2) is 44.7 Å². The van der Waals surface area contributed by atoms with Crippen molar-refractivity contribution >= 4 is 17.3 Å². The van der Waals surface area contributed by atoms with Crippen molar-refractivity contribution in [3.63, 3.8) is 0 Å². The van der Waals surface area contributed by atoms with Gasteiger partial charge in [-0.3, -0.25) is 0 Å². The van der Waals surface area contributed by atoms with E-state index in [1.54, 1.807) is 30.7 Å². The lowest BCUT2D eigenvalue weighted by Crippen LogP contribution is -2.34. The molecule has 0 radical (unpaired) electrons. The zero-order valence-electron chi connectivity index (χ0n) is 14.1. The van der Waals surface area contributed by atoms with E-state index >= 15 is 0 Å². The highest BCUT2D eigenvalue weighted by Crippen LogP contribution is 2.29. The maximum atomic E-state index is 5.20. The maximum absolute atomic E-state index is 5.20. The third-order valence-corrected chi connectivity index (χ3v) is 5.17. The second-order valence-corrected chi connectivity index (χ2v) is 6.77. The molecule has 0 N–H and O–H groups in total. The molecule has 0 amide bonds. The van der Waals surface area contributed by atoms with Crippen LogP contribution in [0.2, 0.25) is 0 Å². The number of nitrogens with zero attached hydrogens (tertiary/aromatic N) is 6. The van der Waals surface area contributed by atoms with E-state index in [4.69, 9.17) is 4.74 Å². The largest absolute Gasteiger partial charge is 0.481 e. The fraction of sp³-hybridized carbons (Fsp3) is 0.412. The summed E-state index contributed by atoms with van der Waals surface area (Å²) in [5, 5.41) is 2.09. The zero-order chi connectivity index (χ0) is 17.1. The van der Waals surface area contributed by atoms with Gasteiger partial charge in [0.2, 0.25) is 11.8 Å². The third kappa shape index (κ3) is 3.48. The van der Waals surface area contributed by atoms with Gasteiger partial charge in [-0.2, -0.15) is 4.98 Å². The van der Waals surface area contributed by atoms with Crippen molar-refractivity contribution in [2.45, 2.75) is 25.3 Å². The first kappa shape index (κ1) is 16.0. The van der Waals surface area contributed by atoms with Crippen LogP contribution in [0.5, 0.6) is 5.88 Å². The molecule has 130 valence electrons. The molecule has 0 aromatic carbocycles. The van der Waals surface area contributed by atoms with Gasteiger partial charge in [0.1, 0.15) is 5.82 Å².